The SMILES string of the molecule is C#CC1(CO)O[C@H](n2cnc3c(N)nc(Cl)nc32)C[C@@H]1O. The summed E-state index contributed by atoms with van der Waals surface area (Å²) in [6, 6.07) is 0. The average molecular weight is 310 g/mol. The molecular formula is C12H12ClN5O3. The van der Waals surface area contributed by atoms with E-state index in [0.717, 1.165) is 0 Å². The van der Waals surface area contributed by atoms with Gasteiger partial charge in [0.25, 0.3) is 0 Å². The molecule has 2 aromatic heterocycles. The van der Waals surface area contributed by atoms with Crippen molar-refractivity contribution in [3.8, 4) is 12.3 Å². The smallest absolute Gasteiger partial charge is 0.226 e. The molecule has 8 nitrogen and oxygen atoms in total. The Hall–Kier alpha value is -1.92. The molecule has 1 saturated heterocycles. The van der Waals surface area contributed by atoms with E-state index in [1.165, 1.54) is 6.33 Å². The standard InChI is InChI=1S/C12H12ClN5O3/c1-2-12(4-19)6(20)3-7(21-12)18-5-15-8-9(14)16-11(13)17-10(8)18/h1,5-7,19-20H,3-4H2,(H2,14,16,17)/t6-,7-,12?/m0/s1. The van der Waals surface area contributed by atoms with E-state index in [-0.39, 0.29) is 17.5 Å². The van der Waals surface area contributed by atoms with Crippen LogP contribution in [0.2, 0.25) is 5.28 Å². The molecule has 0 aliphatic carbocycles. The van der Waals surface area contributed by atoms with Crippen molar-refractivity contribution in [3.63, 3.8) is 0 Å². The van der Waals surface area contributed by atoms with Crippen LogP contribution in [-0.4, -0.2) is 48.0 Å². The third-order valence-corrected chi connectivity index (χ3v) is 3.69. The number of anilines is 1. The Morgan fingerprint density at radius 1 is 1.62 bits per heavy atom. The normalized spacial score (nSPS) is 28.9. The summed E-state index contributed by atoms with van der Waals surface area (Å²) in [6.07, 6.45) is 5.34. The summed E-state index contributed by atoms with van der Waals surface area (Å²) in [6.45, 7) is -0.494. The fourth-order valence-electron chi connectivity index (χ4n) is 2.36. The van der Waals surface area contributed by atoms with Gasteiger partial charge in [-0.3, -0.25) is 4.57 Å². The number of ether oxygens (including phenoxy) is 1. The lowest BCUT2D eigenvalue weighted by atomic mass is 9.99. The van der Waals surface area contributed by atoms with Gasteiger partial charge in [0, 0.05) is 6.42 Å². The quantitative estimate of drug-likeness (QED) is 0.515. The molecule has 3 rings (SSSR count). The van der Waals surface area contributed by atoms with E-state index in [1.807, 2.05) is 0 Å². The van der Waals surface area contributed by atoms with Gasteiger partial charge in [0.05, 0.1) is 12.9 Å². The van der Waals surface area contributed by atoms with E-state index in [0.29, 0.717) is 11.2 Å². The highest BCUT2D eigenvalue weighted by Crippen LogP contribution is 2.37. The van der Waals surface area contributed by atoms with E-state index in [9.17, 15) is 10.2 Å². The van der Waals surface area contributed by atoms with Crippen molar-refractivity contribution in [2.24, 2.45) is 0 Å². The Labute approximate surface area is 124 Å². The molecule has 0 radical (unpaired) electrons. The first-order chi connectivity index (χ1) is 10.0. The summed E-state index contributed by atoms with van der Waals surface area (Å²) in [7, 11) is 0. The predicted octanol–water partition coefficient (Wildman–Crippen LogP) is -0.294. The number of imidazole rings is 1. The van der Waals surface area contributed by atoms with Crippen molar-refractivity contribution < 1.29 is 14.9 Å². The van der Waals surface area contributed by atoms with Crippen LogP contribution in [0.5, 0.6) is 0 Å². The Balaban J connectivity index is 2.05. The van der Waals surface area contributed by atoms with Crippen molar-refractivity contribution >= 4 is 28.6 Å². The van der Waals surface area contributed by atoms with Crippen molar-refractivity contribution in [3.05, 3.63) is 11.6 Å². The second kappa shape index (κ2) is 4.82. The van der Waals surface area contributed by atoms with Crippen LogP contribution in [0.15, 0.2) is 6.33 Å². The molecule has 9 heteroatoms. The molecule has 3 heterocycles. The van der Waals surface area contributed by atoms with E-state index in [1.54, 1.807) is 4.57 Å². The molecule has 0 aromatic carbocycles. The highest BCUT2D eigenvalue weighted by molar-refractivity contribution is 6.28. The van der Waals surface area contributed by atoms with Crippen LogP contribution in [0.1, 0.15) is 12.6 Å². The molecule has 0 amide bonds. The molecule has 3 atom stereocenters. The van der Waals surface area contributed by atoms with Crippen molar-refractivity contribution in [1.29, 1.82) is 0 Å². The van der Waals surface area contributed by atoms with Crippen molar-refractivity contribution in [1.82, 2.24) is 19.5 Å². The predicted molar refractivity (Wildman–Crippen MR) is 74.1 cm³/mol. The number of hydrogen-bond acceptors (Lipinski definition) is 7. The van der Waals surface area contributed by atoms with Gasteiger partial charge < -0.3 is 20.7 Å². The number of halogens is 1. The van der Waals surface area contributed by atoms with Crippen LogP contribution in [0, 0.1) is 12.3 Å². The molecule has 1 unspecified atom stereocenters. The topological polar surface area (TPSA) is 119 Å². The molecule has 4 N–H and O–H groups in total. The summed E-state index contributed by atoms with van der Waals surface area (Å²) in [5, 5.41) is 19.4. The number of terminal acetylenes is 1. The van der Waals surface area contributed by atoms with Crippen molar-refractivity contribution in [2.75, 3.05) is 12.3 Å². The van der Waals surface area contributed by atoms with Gasteiger partial charge in [0.15, 0.2) is 17.1 Å². The molecule has 1 aliphatic heterocycles. The molecule has 110 valence electrons. The number of nitrogens with two attached hydrogens (primary N) is 1. The van der Waals surface area contributed by atoms with Gasteiger partial charge in [-0.2, -0.15) is 9.97 Å². The molecule has 1 fully saturated rings. The maximum absolute atomic E-state index is 10.0. The second-order valence-corrected chi connectivity index (χ2v) is 5.06. The van der Waals surface area contributed by atoms with Crippen LogP contribution in [0.3, 0.4) is 0 Å². The first-order valence-electron chi connectivity index (χ1n) is 6.11. The van der Waals surface area contributed by atoms with Gasteiger partial charge >= 0.3 is 0 Å². The van der Waals surface area contributed by atoms with Gasteiger partial charge in [-0.1, -0.05) is 5.92 Å². The number of rotatable bonds is 2. The first kappa shape index (κ1) is 14.0. The van der Waals surface area contributed by atoms with Crippen LogP contribution in [-0.2, 0) is 4.74 Å². The van der Waals surface area contributed by atoms with Crippen LogP contribution >= 0.6 is 11.6 Å². The zero-order valence-corrected chi connectivity index (χ0v) is 11.5. The van der Waals surface area contributed by atoms with Crippen LogP contribution < -0.4 is 5.73 Å². The summed E-state index contributed by atoms with van der Waals surface area (Å²) in [4.78, 5) is 12.0. The fraction of sp³-hybridized carbons (Fsp3) is 0.417. The van der Waals surface area contributed by atoms with Crippen LogP contribution in [0.25, 0.3) is 11.2 Å². The molecule has 0 saturated carbocycles. The maximum Gasteiger partial charge on any atom is 0.226 e. The Morgan fingerprint density at radius 3 is 3.00 bits per heavy atom. The number of nitrogens with zero attached hydrogens (tertiary/aromatic N) is 4. The van der Waals surface area contributed by atoms with E-state index in [4.69, 9.17) is 28.5 Å². The van der Waals surface area contributed by atoms with Gasteiger partial charge in [-0.25, -0.2) is 4.98 Å². The molecule has 21 heavy (non-hydrogen) atoms. The minimum Gasteiger partial charge on any atom is -0.392 e. The van der Waals surface area contributed by atoms with Gasteiger partial charge in [-0.15, -0.1) is 6.42 Å². The lowest BCUT2D eigenvalue weighted by Crippen LogP contribution is -2.41. The van der Waals surface area contributed by atoms with E-state index >= 15 is 0 Å². The number of aliphatic hydroxyl groups excluding tert-OH is 2. The summed E-state index contributed by atoms with van der Waals surface area (Å²) in [5.41, 5.74) is 5.03. The van der Waals surface area contributed by atoms with E-state index < -0.39 is 24.5 Å². The number of aliphatic hydroxyl groups is 2. The van der Waals surface area contributed by atoms with Gasteiger partial charge in [0.2, 0.25) is 5.28 Å². The van der Waals surface area contributed by atoms with Gasteiger partial charge in [-0.05, 0) is 11.6 Å². The van der Waals surface area contributed by atoms with E-state index in [2.05, 4.69) is 20.9 Å². The second-order valence-electron chi connectivity index (χ2n) is 4.72. The largest absolute Gasteiger partial charge is 0.392 e. The number of fused-ring (bicyclic) bond motifs is 1. The molecule has 1 aliphatic rings. The zero-order valence-electron chi connectivity index (χ0n) is 10.8. The maximum atomic E-state index is 10.0. The summed E-state index contributed by atoms with van der Waals surface area (Å²) in [5.74, 6) is 2.45. The lowest BCUT2D eigenvalue weighted by molar-refractivity contribution is -0.0891. The summed E-state index contributed by atoms with van der Waals surface area (Å²) >= 11 is 5.79. The molecule has 2 aromatic rings. The average Bonchev–Trinajstić information content (AvgIpc) is 3.00. The third-order valence-electron chi connectivity index (χ3n) is 3.52. The number of aromatic nitrogens is 4. The van der Waals surface area contributed by atoms with Crippen molar-refractivity contribution in [2.45, 2.75) is 24.4 Å². The number of hydrogen-bond donors (Lipinski definition) is 3. The lowest BCUT2D eigenvalue weighted by Gasteiger charge is -2.23. The fourth-order valence-corrected chi connectivity index (χ4v) is 2.53. The summed E-state index contributed by atoms with van der Waals surface area (Å²) < 4.78 is 7.19. The Morgan fingerprint density at radius 2 is 2.38 bits per heavy atom. The highest BCUT2D eigenvalue weighted by atomic mass is 35.5. The third kappa shape index (κ3) is 2.02. The van der Waals surface area contributed by atoms with Crippen LogP contribution in [0.4, 0.5) is 5.82 Å². The zero-order chi connectivity index (χ0) is 15.2. The Bertz CT molecular complexity index is 742. The molecule has 0 bridgehead atoms. The Kier molecular flexibility index (Phi) is 3.22. The minimum absolute atomic E-state index is 0.0225. The monoisotopic (exact) mass is 309 g/mol. The molecule has 0 spiro atoms. The number of nitrogen functional groups attached to an aromatic ring is 1. The molecular weight excluding hydrogens is 298 g/mol. The first-order valence-corrected chi connectivity index (χ1v) is 6.48. The minimum atomic E-state index is -1.44. The van der Waals surface area contributed by atoms with Gasteiger partial charge in [0.1, 0.15) is 17.8 Å². The highest BCUT2D eigenvalue weighted by Gasteiger charge is 2.47.